The van der Waals surface area contributed by atoms with E-state index in [1.54, 1.807) is 54.6 Å². The van der Waals surface area contributed by atoms with Gasteiger partial charge in [0.2, 0.25) is 5.75 Å². The molecule has 0 atom stereocenters. The van der Waals surface area contributed by atoms with Crippen LogP contribution in [0, 0.1) is 0 Å². The molecule has 0 saturated heterocycles. The highest BCUT2D eigenvalue weighted by Gasteiger charge is 2.21. The second-order valence-corrected chi connectivity index (χ2v) is 6.84. The standard InChI is InChI=1S/C25H24O8/c1-29-15-33-22-13-17(12-21(30-2)24(22)31-3)23(26)18-9-5-4-8-16(18)14-32-20-11-7-6-10-19(20)25(27)28/h4-13H,14-15H2,1-3H3,(H,27,28). The van der Waals surface area contributed by atoms with Crippen LogP contribution in [0.15, 0.2) is 60.7 Å². The first-order chi connectivity index (χ1) is 16.0. The van der Waals surface area contributed by atoms with Crippen molar-refractivity contribution in [2.45, 2.75) is 6.61 Å². The van der Waals surface area contributed by atoms with Crippen molar-refractivity contribution in [1.82, 2.24) is 0 Å². The van der Waals surface area contributed by atoms with E-state index < -0.39 is 5.97 Å². The molecule has 172 valence electrons. The molecule has 0 spiro atoms. The van der Waals surface area contributed by atoms with E-state index in [2.05, 4.69) is 0 Å². The van der Waals surface area contributed by atoms with Crippen molar-refractivity contribution < 1.29 is 38.4 Å². The van der Waals surface area contributed by atoms with Crippen molar-refractivity contribution in [3.63, 3.8) is 0 Å². The molecule has 1 N–H and O–H groups in total. The summed E-state index contributed by atoms with van der Waals surface area (Å²) in [4.78, 5) is 24.9. The molecule has 0 heterocycles. The number of carboxylic acid groups (broad SMARTS) is 1. The van der Waals surface area contributed by atoms with Gasteiger partial charge >= 0.3 is 5.97 Å². The summed E-state index contributed by atoms with van der Waals surface area (Å²) in [7, 11) is 4.42. The number of para-hydroxylation sites is 1. The fourth-order valence-corrected chi connectivity index (χ4v) is 3.24. The Balaban J connectivity index is 1.94. The Kier molecular flexibility index (Phi) is 7.88. The Morgan fingerprint density at radius 1 is 0.788 bits per heavy atom. The summed E-state index contributed by atoms with van der Waals surface area (Å²) in [6.07, 6.45) is 0. The van der Waals surface area contributed by atoms with Crippen LogP contribution in [0.1, 0.15) is 31.8 Å². The zero-order valence-electron chi connectivity index (χ0n) is 18.5. The van der Waals surface area contributed by atoms with E-state index in [1.165, 1.54) is 27.4 Å². The molecular weight excluding hydrogens is 428 g/mol. The Bertz CT molecular complexity index is 1140. The molecule has 0 radical (unpaired) electrons. The third kappa shape index (κ3) is 5.42. The lowest BCUT2D eigenvalue weighted by Gasteiger charge is -2.16. The van der Waals surface area contributed by atoms with Gasteiger partial charge < -0.3 is 28.8 Å². The number of ketones is 1. The normalized spacial score (nSPS) is 10.4. The monoisotopic (exact) mass is 452 g/mol. The Morgan fingerprint density at radius 3 is 2.12 bits per heavy atom. The molecule has 0 aliphatic heterocycles. The number of carbonyl (C=O) groups excluding carboxylic acids is 1. The minimum absolute atomic E-state index is 0.00648. The summed E-state index contributed by atoms with van der Waals surface area (Å²) in [6.45, 7) is -0.0307. The lowest BCUT2D eigenvalue weighted by Crippen LogP contribution is -2.10. The lowest BCUT2D eigenvalue weighted by atomic mass is 9.98. The summed E-state index contributed by atoms with van der Waals surface area (Å²) >= 11 is 0. The quantitative estimate of drug-likeness (QED) is 0.341. The molecule has 0 amide bonds. The maximum atomic E-state index is 13.4. The van der Waals surface area contributed by atoms with Crippen LogP contribution >= 0.6 is 0 Å². The van der Waals surface area contributed by atoms with E-state index in [1.807, 2.05) is 0 Å². The summed E-state index contributed by atoms with van der Waals surface area (Å²) in [5, 5.41) is 9.36. The molecule has 3 aromatic rings. The molecule has 0 fully saturated rings. The fourth-order valence-electron chi connectivity index (χ4n) is 3.24. The number of carboxylic acids is 1. The maximum absolute atomic E-state index is 13.4. The van der Waals surface area contributed by atoms with Crippen LogP contribution in [0.2, 0.25) is 0 Å². The summed E-state index contributed by atoms with van der Waals surface area (Å²) in [5.74, 6) is -0.195. The van der Waals surface area contributed by atoms with E-state index in [-0.39, 0.29) is 30.5 Å². The number of hydrogen-bond acceptors (Lipinski definition) is 7. The molecule has 0 bridgehead atoms. The van der Waals surface area contributed by atoms with Gasteiger partial charge in [-0.2, -0.15) is 0 Å². The maximum Gasteiger partial charge on any atom is 0.339 e. The van der Waals surface area contributed by atoms with Crippen LogP contribution in [0.4, 0.5) is 0 Å². The second-order valence-electron chi connectivity index (χ2n) is 6.84. The average Bonchev–Trinajstić information content (AvgIpc) is 2.85. The van der Waals surface area contributed by atoms with Gasteiger partial charge in [-0.1, -0.05) is 36.4 Å². The summed E-state index contributed by atoms with van der Waals surface area (Å²) in [5.41, 5.74) is 1.35. The molecule has 3 rings (SSSR count). The van der Waals surface area contributed by atoms with Gasteiger partial charge in [0.1, 0.15) is 17.9 Å². The summed E-state index contributed by atoms with van der Waals surface area (Å²) < 4.78 is 27.0. The summed E-state index contributed by atoms with van der Waals surface area (Å²) in [6, 6.07) is 16.4. The topological polar surface area (TPSA) is 101 Å². The second kappa shape index (κ2) is 11.0. The van der Waals surface area contributed by atoms with Crippen molar-refractivity contribution in [1.29, 1.82) is 0 Å². The van der Waals surface area contributed by atoms with Crippen molar-refractivity contribution in [2.75, 3.05) is 28.1 Å². The van der Waals surface area contributed by atoms with Gasteiger partial charge in [-0.25, -0.2) is 4.79 Å². The average molecular weight is 452 g/mol. The van der Waals surface area contributed by atoms with Crippen molar-refractivity contribution in [3.05, 3.63) is 82.9 Å². The smallest absolute Gasteiger partial charge is 0.339 e. The van der Waals surface area contributed by atoms with E-state index >= 15 is 0 Å². The predicted octanol–water partition coefficient (Wildman–Crippen LogP) is 4.19. The van der Waals surface area contributed by atoms with Crippen LogP contribution in [0.5, 0.6) is 23.0 Å². The molecule has 0 unspecified atom stereocenters. The molecule has 0 saturated carbocycles. The molecule has 33 heavy (non-hydrogen) atoms. The van der Waals surface area contributed by atoms with Crippen molar-refractivity contribution >= 4 is 11.8 Å². The van der Waals surface area contributed by atoms with Gasteiger partial charge in [-0.15, -0.1) is 0 Å². The number of methoxy groups -OCH3 is 3. The first-order valence-corrected chi connectivity index (χ1v) is 9.95. The zero-order valence-corrected chi connectivity index (χ0v) is 18.5. The van der Waals surface area contributed by atoms with Crippen LogP contribution < -0.4 is 18.9 Å². The van der Waals surface area contributed by atoms with Crippen molar-refractivity contribution in [2.24, 2.45) is 0 Å². The first-order valence-electron chi connectivity index (χ1n) is 9.95. The van der Waals surface area contributed by atoms with Gasteiger partial charge in [0.25, 0.3) is 0 Å². The highest BCUT2D eigenvalue weighted by atomic mass is 16.7. The molecule has 0 aliphatic carbocycles. The minimum atomic E-state index is -1.09. The van der Waals surface area contributed by atoms with E-state index in [9.17, 15) is 14.7 Å². The predicted molar refractivity (Wildman–Crippen MR) is 120 cm³/mol. The van der Waals surface area contributed by atoms with Gasteiger partial charge in [0.05, 0.1) is 14.2 Å². The van der Waals surface area contributed by atoms with Crippen LogP contribution in [0.25, 0.3) is 0 Å². The van der Waals surface area contributed by atoms with Crippen LogP contribution in [0.3, 0.4) is 0 Å². The van der Waals surface area contributed by atoms with Gasteiger partial charge in [-0.05, 0) is 24.3 Å². The van der Waals surface area contributed by atoms with E-state index in [0.29, 0.717) is 33.9 Å². The lowest BCUT2D eigenvalue weighted by molar-refractivity contribution is 0.0488. The van der Waals surface area contributed by atoms with Crippen LogP contribution in [-0.4, -0.2) is 45.0 Å². The highest BCUT2D eigenvalue weighted by Crippen LogP contribution is 2.39. The molecule has 3 aromatic carbocycles. The molecular formula is C25H24O8. The fraction of sp³-hybridized carbons (Fsp3) is 0.200. The van der Waals surface area contributed by atoms with Gasteiger partial charge in [0.15, 0.2) is 24.1 Å². The van der Waals surface area contributed by atoms with Crippen LogP contribution in [-0.2, 0) is 11.3 Å². The third-order valence-electron chi connectivity index (χ3n) is 4.80. The van der Waals surface area contributed by atoms with E-state index in [0.717, 1.165) is 0 Å². The first kappa shape index (κ1) is 23.6. The zero-order chi connectivity index (χ0) is 23.8. The number of benzene rings is 3. The molecule has 0 aromatic heterocycles. The molecule has 0 aliphatic rings. The van der Waals surface area contributed by atoms with E-state index in [4.69, 9.17) is 23.7 Å². The third-order valence-corrected chi connectivity index (χ3v) is 4.80. The van der Waals surface area contributed by atoms with Gasteiger partial charge in [-0.3, -0.25) is 4.79 Å². The highest BCUT2D eigenvalue weighted by molar-refractivity contribution is 6.10. The number of aromatic carboxylic acids is 1. The number of carbonyl (C=O) groups is 2. The Morgan fingerprint density at radius 2 is 1.45 bits per heavy atom. The number of ether oxygens (including phenoxy) is 5. The minimum Gasteiger partial charge on any atom is -0.493 e. The SMILES string of the molecule is COCOc1cc(C(=O)c2ccccc2COc2ccccc2C(=O)O)cc(OC)c1OC. The Labute approximate surface area is 191 Å². The number of hydrogen-bond donors (Lipinski definition) is 1. The largest absolute Gasteiger partial charge is 0.493 e. The molecule has 8 heteroatoms. The Hall–Kier alpha value is -4.04. The van der Waals surface area contributed by atoms with Gasteiger partial charge in [0, 0.05) is 23.8 Å². The number of rotatable bonds is 11. The van der Waals surface area contributed by atoms with Crippen molar-refractivity contribution in [3.8, 4) is 23.0 Å². The molecule has 8 nitrogen and oxygen atoms in total.